The predicted octanol–water partition coefficient (Wildman–Crippen LogP) is 5.11. The molecule has 2 aliphatic heterocycles. The normalized spacial score (nSPS) is 20.0. The van der Waals surface area contributed by atoms with Crippen LogP contribution in [0.1, 0.15) is 77.9 Å². The summed E-state index contributed by atoms with van der Waals surface area (Å²) in [4.78, 5) is 29.4. The van der Waals surface area contributed by atoms with Crippen molar-refractivity contribution < 1.29 is 27.1 Å². The van der Waals surface area contributed by atoms with E-state index in [0.29, 0.717) is 41.1 Å². The van der Waals surface area contributed by atoms with E-state index in [0.717, 1.165) is 36.8 Å². The highest BCUT2D eigenvalue weighted by atomic mass is 32.2. The van der Waals surface area contributed by atoms with Gasteiger partial charge in [0.1, 0.15) is 5.58 Å². The van der Waals surface area contributed by atoms with Crippen molar-refractivity contribution in [1.82, 2.24) is 4.90 Å². The lowest BCUT2D eigenvalue weighted by atomic mass is 9.96. The number of hydrogen-bond acceptors (Lipinski definition) is 7. The van der Waals surface area contributed by atoms with Crippen molar-refractivity contribution in [2.24, 2.45) is 0 Å². The summed E-state index contributed by atoms with van der Waals surface area (Å²) in [6.07, 6.45) is 4.61. The number of unbranched alkanes of at least 4 members (excludes halogenated alkanes) is 3. The maximum atomic E-state index is 14.0. The largest absolute Gasteiger partial charge is 0.493 e. The van der Waals surface area contributed by atoms with Crippen LogP contribution in [0.3, 0.4) is 0 Å². The Hall–Kier alpha value is -3.33. The zero-order chi connectivity index (χ0) is 27.9. The smallest absolute Gasteiger partial charge is 0.291 e. The Kier molecular flexibility index (Phi) is 7.46. The molecule has 1 aromatic heterocycles. The molecule has 0 saturated carbocycles. The summed E-state index contributed by atoms with van der Waals surface area (Å²) in [6, 6.07) is 7.68. The molecule has 0 bridgehead atoms. The minimum atomic E-state index is -3.29. The molecular formula is C30H35NO7S. The summed E-state index contributed by atoms with van der Waals surface area (Å²) in [5, 5.41) is 0.406. The van der Waals surface area contributed by atoms with Crippen LogP contribution >= 0.6 is 0 Å². The summed E-state index contributed by atoms with van der Waals surface area (Å²) in [6.45, 7) is 6.46. The molecule has 3 heterocycles. The molecule has 208 valence electrons. The third-order valence-electron chi connectivity index (χ3n) is 7.70. The van der Waals surface area contributed by atoms with Crippen LogP contribution < -0.4 is 14.9 Å². The first-order valence-corrected chi connectivity index (χ1v) is 15.4. The molecule has 39 heavy (non-hydrogen) atoms. The zero-order valence-corrected chi connectivity index (χ0v) is 23.7. The molecule has 1 fully saturated rings. The molecule has 0 aliphatic carbocycles. The molecular weight excluding hydrogens is 518 g/mol. The van der Waals surface area contributed by atoms with Crippen LogP contribution in [-0.4, -0.2) is 50.5 Å². The highest BCUT2D eigenvalue weighted by Crippen LogP contribution is 2.43. The van der Waals surface area contributed by atoms with Gasteiger partial charge in [-0.25, -0.2) is 8.42 Å². The van der Waals surface area contributed by atoms with E-state index in [1.54, 1.807) is 25.3 Å². The summed E-state index contributed by atoms with van der Waals surface area (Å²) >= 11 is 0. The highest BCUT2D eigenvalue weighted by Gasteiger charge is 2.48. The Morgan fingerprint density at radius 2 is 1.85 bits per heavy atom. The number of amides is 1. The highest BCUT2D eigenvalue weighted by molar-refractivity contribution is 7.91. The number of hydrogen-bond donors (Lipinski definition) is 0. The van der Waals surface area contributed by atoms with Gasteiger partial charge in [-0.2, -0.15) is 0 Å². The molecule has 0 N–H and O–H groups in total. The monoisotopic (exact) mass is 553 g/mol. The van der Waals surface area contributed by atoms with E-state index in [1.165, 1.54) is 4.90 Å². The lowest BCUT2D eigenvalue weighted by Gasteiger charge is -2.30. The van der Waals surface area contributed by atoms with Gasteiger partial charge in [-0.1, -0.05) is 38.3 Å². The fourth-order valence-corrected chi connectivity index (χ4v) is 7.54. The molecule has 0 radical (unpaired) electrons. The van der Waals surface area contributed by atoms with Gasteiger partial charge < -0.3 is 18.8 Å². The molecule has 2 aromatic carbocycles. The third kappa shape index (κ3) is 5.04. The van der Waals surface area contributed by atoms with E-state index in [9.17, 15) is 18.0 Å². The molecule has 2 atom stereocenters. The van der Waals surface area contributed by atoms with E-state index in [2.05, 4.69) is 6.92 Å². The van der Waals surface area contributed by atoms with Crippen molar-refractivity contribution in [1.29, 1.82) is 0 Å². The van der Waals surface area contributed by atoms with Crippen LogP contribution in [0.15, 0.2) is 39.5 Å². The average molecular weight is 554 g/mol. The van der Waals surface area contributed by atoms with Gasteiger partial charge in [0.15, 0.2) is 26.8 Å². The molecule has 1 saturated heterocycles. The minimum Gasteiger partial charge on any atom is -0.493 e. The van der Waals surface area contributed by atoms with Crippen molar-refractivity contribution in [3.63, 3.8) is 0 Å². The zero-order valence-electron chi connectivity index (χ0n) is 22.9. The second-order valence-electron chi connectivity index (χ2n) is 10.6. The topological polar surface area (TPSA) is 103 Å². The van der Waals surface area contributed by atoms with E-state index >= 15 is 0 Å². The second-order valence-corrected chi connectivity index (χ2v) is 12.9. The average Bonchev–Trinajstić information content (AvgIpc) is 3.40. The predicted molar refractivity (Wildman–Crippen MR) is 150 cm³/mol. The summed E-state index contributed by atoms with van der Waals surface area (Å²) in [7, 11) is -1.75. The maximum absolute atomic E-state index is 14.0. The Balaban J connectivity index is 1.62. The number of carbonyl (C=O) groups excluding carboxylic acids is 1. The summed E-state index contributed by atoms with van der Waals surface area (Å²) in [5.74, 6) is 0.426. The van der Waals surface area contributed by atoms with Gasteiger partial charge in [-0.3, -0.25) is 9.59 Å². The number of nitrogens with zero attached hydrogens (tertiary/aromatic N) is 1. The van der Waals surface area contributed by atoms with Crippen molar-refractivity contribution in [3.8, 4) is 11.5 Å². The van der Waals surface area contributed by atoms with Gasteiger partial charge in [0, 0.05) is 6.04 Å². The first-order chi connectivity index (χ1) is 18.6. The fourth-order valence-electron chi connectivity index (χ4n) is 5.83. The fraction of sp³-hybridized carbons (Fsp3) is 0.467. The molecule has 8 nitrogen and oxygen atoms in total. The van der Waals surface area contributed by atoms with Crippen molar-refractivity contribution in [3.05, 3.63) is 68.6 Å². The van der Waals surface area contributed by atoms with E-state index in [1.807, 2.05) is 26.0 Å². The molecule has 2 unspecified atom stereocenters. The minimum absolute atomic E-state index is 0.000293. The molecule has 5 rings (SSSR count). The van der Waals surface area contributed by atoms with Gasteiger partial charge in [-0.15, -0.1) is 0 Å². The van der Waals surface area contributed by atoms with Crippen molar-refractivity contribution >= 4 is 26.7 Å². The lowest BCUT2D eigenvalue weighted by Crippen LogP contribution is -2.40. The standard InChI is InChI=1S/C30H35NO7S/c1-5-6-7-8-12-37-23-10-9-20(16-24(23)36-4)26-25-27(32)22-15-18(2)14-19(3)28(22)38-29(25)30(33)31(26)21-11-13-39(34,35)17-21/h9-10,14-16,21,26H,5-8,11-13,17H2,1-4H3. The van der Waals surface area contributed by atoms with Crippen molar-refractivity contribution in [2.75, 3.05) is 25.2 Å². The number of methoxy groups -OCH3 is 1. The quantitative estimate of drug-likeness (QED) is 0.339. The summed E-state index contributed by atoms with van der Waals surface area (Å²) in [5.41, 5.74) is 2.64. The Labute approximate surface area is 228 Å². The van der Waals surface area contributed by atoms with Crippen LogP contribution in [0.5, 0.6) is 11.5 Å². The van der Waals surface area contributed by atoms with Gasteiger partial charge in [0.2, 0.25) is 5.76 Å². The Morgan fingerprint density at radius 3 is 2.54 bits per heavy atom. The van der Waals surface area contributed by atoms with Crippen molar-refractivity contribution in [2.45, 2.75) is 65.0 Å². The van der Waals surface area contributed by atoms with E-state index < -0.39 is 27.8 Å². The number of sulfone groups is 1. The number of fused-ring (bicyclic) bond motifs is 2. The molecule has 9 heteroatoms. The van der Waals surface area contributed by atoms with Crippen LogP contribution in [0.25, 0.3) is 11.0 Å². The SMILES string of the molecule is CCCCCCOc1ccc(C2c3c(oc4c(C)cc(C)cc4c3=O)C(=O)N2C2CCS(=O)(=O)C2)cc1OC. The number of carbonyl (C=O) groups is 1. The van der Waals surface area contributed by atoms with Gasteiger partial charge in [-0.05, 0) is 61.6 Å². The van der Waals surface area contributed by atoms with Gasteiger partial charge in [0.25, 0.3) is 5.91 Å². The summed E-state index contributed by atoms with van der Waals surface area (Å²) < 4.78 is 42.6. The Morgan fingerprint density at radius 1 is 1.05 bits per heavy atom. The first kappa shape index (κ1) is 27.2. The first-order valence-electron chi connectivity index (χ1n) is 13.6. The number of benzene rings is 2. The number of ether oxygens (including phenoxy) is 2. The molecule has 3 aromatic rings. The molecule has 1 amide bonds. The maximum Gasteiger partial charge on any atom is 0.291 e. The Bertz CT molecular complexity index is 1590. The number of rotatable bonds is 9. The van der Waals surface area contributed by atoms with E-state index in [-0.39, 0.29) is 28.3 Å². The van der Waals surface area contributed by atoms with Gasteiger partial charge >= 0.3 is 0 Å². The van der Waals surface area contributed by atoms with Crippen LogP contribution in [0.4, 0.5) is 0 Å². The van der Waals surface area contributed by atoms with Crippen LogP contribution in [0.2, 0.25) is 0 Å². The third-order valence-corrected chi connectivity index (χ3v) is 9.45. The van der Waals surface area contributed by atoms with Crippen LogP contribution in [0, 0.1) is 13.8 Å². The molecule has 2 aliphatic rings. The van der Waals surface area contributed by atoms with E-state index in [4.69, 9.17) is 13.9 Å². The van der Waals surface area contributed by atoms with Crippen LogP contribution in [-0.2, 0) is 9.84 Å². The lowest BCUT2D eigenvalue weighted by molar-refractivity contribution is 0.0662. The second kappa shape index (κ2) is 10.7. The molecule has 0 spiro atoms. The number of aryl methyl sites for hydroxylation is 2. The van der Waals surface area contributed by atoms with Gasteiger partial charge in [0.05, 0.1) is 42.2 Å².